The summed E-state index contributed by atoms with van der Waals surface area (Å²) in [5.41, 5.74) is -1.06. The summed E-state index contributed by atoms with van der Waals surface area (Å²) in [6.07, 6.45) is 0.697. The topological polar surface area (TPSA) is 66.4 Å². The molecule has 1 amide bonds. The van der Waals surface area contributed by atoms with Crippen LogP contribution in [0.2, 0.25) is 0 Å². The minimum absolute atomic E-state index is 0.166. The molecule has 1 heterocycles. The van der Waals surface area contributed by atoms with Crippen molar-refractivity contribution in [2.24, 2.45) is 0 Å². The van der Waals surface area contributed by atoms with Crippen LogP contribution in [0.5, 0.6) is 0 Å². The fourth-order valence-electron chi connectivity index (χ4n) is 1.88. The lowest BCUT2D eigenvalue weighted by Gasteiger charge is -2.33. The van der Waals surface area contributed by atoms with E-state index < -0.39 is 11.5 Å². The molecule has 5 heteroatoms. The Bertz CT molecular complexity index is 270. The van der Waals surface area contributed by atoms with Gasteiger partial charge in [-0.25, -0.2) is 4.79 Å². The van der Waals surface area contributed by atoms with E-state index in [2.05, 4.69) is 5.32 Å². The number of carbonyl (C=O) groups is 2. The van der Waals surface area contributed by atoms with Crippen molar-refractivity contribution in [1.82, 2.24) is 5.32 Å². The van der Waals surface area contributed by atoms with E-state index in [0.29, 0.717) is 23.9 Å². The Morgan fingerprint density at radius 3 is 2.43 bits per heavy atom. The Hall–Kier alpha value is -1.10. The van der Waals surface area contributed by atoms with E-state index in [-0.39, 0.29) is 5.91 Å². The van der Waals surface area contributed by atoms with Gasteiger partial charge in [0.2, 0.25) is 5.91 Å². The highest BCUT2D eigenvalue weighted by Crippen LogP contribution is 2.22. The second kappa shape index (κ2) is 3.24. The maximum absolute atomic E-state index is 11.1. The third kappa shape index (κ3) is 2.23. The molecule has 5 nitrogen and oxygen atoms in total. The fourth-order valence-corrected chi connectivity index (χ4v) is 1.88. The maximum Gasteiger partial charge on any atom is 0.335 e. The number of nitrogens with one attached hydrogen (secondary N) is 1. The first-order chi connectivity index (χ1) is 6.25. The number of aliphatic carboxylic acids is 1. The van der Waals surface area contributed by atoms with Crippen LogP contribution < -0.4 is 5.32 Å². The molecule has 0 aliphatic carbocycles. The summed E-state index contributed by atoms with van der Waals surface area (Å²) >= 11 is 0. The van der Waals surface area contributed by atoms with E-state index in [9.17, 15) is 9.59 Å². The Morgan fingerprint density at radius 2 is 2.14 bits per heavy atom. The van der Waals surface area contributed by atoms with Crippen molar-refractivity contribution < 1.29 is 19.2 Å². The standard InChI is InChI=1S/C9H16N2O3/c1-11(2,3)6-9(8(13)14)5-4-7(12)10-9/h4-6H2,1-3H3,(H-,10,12,13,14)/p+1/t9-/m1/s1. The molecule has 1 fully saturated rings. The molecule has 0 aromatic rings. The van der Waals surface area contributed by atoms with Crippen molar-refractivity contribution in [3.63, 3.8) is 0 Å². The third-order valence-corrected chi connectivity index (χ3v) is 2.31. The second-order valence-corrected chi connectivity index (χ2v) is 4.88. The van der Waals surface area contributed by atoms with Crippen molar-refractivity contribution in [2.75, 3.05) is 27.7 Å². The summed E-state index contributed by atoms with van der Waals surface area (Å²) in [5.74, 6) is -1.10. The molecule has 0 aromatic carbocycles. The SMILES string of the molecule is C[N+](C)(C)C[C@@]1(C(=O)O)CCC(=O)N1. The number of amides is 1. The second-order valence-electron chi connectivity index (χ2n) is 4.88. The zero-order valence-electron chi connectivity index (χ0n) is 8.83. The smallest absolute Gasteiger partial charge is 0.335 e. The molecule has 0 aromatic heterocycles. The first-order valence-corrected chi connectivity index (χ1v) is 4.60. The number of carboxylic acids is 1. The number of nitrogens with zero attached hydrogens (tertiary/aromatic N) is 1. The van der Waals surface area contributed by atoms with E-state index in [1.165, 1.54) is 0 Å². The molecule has 0 unspecified atom stereocenters. The molecule has 2 N–H and O–H groups in total. The van der Waals surface area contributed by atoms with Crippen molar-refractivity contribution in [3.8, 4) is 0 Å². The van der Waals surface area contributed by atoms with Crippen LogP contribution in [0.4, 0.5) is 0 Å². The Kier molecular flexibility index (Phi) is 2.54. The van der Waals surface area contributed by atoms with Crippen LogP contribution in [0.25, 0.3) is 0 Å². The Balaban J connectivity index is 2.84. The lowest BCUT2D eigenvalue weighted by molar-refractivity contribution is -0.873. The minimum Gasteiger partial charge on any atom is -0.479 e. The zero-order chi connectivity index (χ0) is 11.0. The molecule has 0 spiro atoms. The lowest BCUT2D eigenvalue weighted by Crippen LogP contribution is -2.59. The van der Waals surface area contributed by atoms with Gasteiger partial charge in [0.05, 0.1) is 21.1 Å². The number of carbonyl (C=O) groups excluding carboxylic acids is 1. The molecule has 14 heavy (non-hydrogen) atoms. The van der Waals surface area contributed by atoms with Gasteiger partial charge in [0.25, 0.3) is 0 Å². The summed E-state index contributed by atoms with van der Waals surface area (Å²) < 4.78 is 0.520. The van der Waals surface area contributed by atoms with Gasteiger partial charge in [-0.3, -0.25) is 4.79 Å². The number of hydrogen-bond acceptors (Lipinski definition) is 2. The summed E-state index contributed by atoms with van der Waals surface area (Å²) in [6, 6.07) is 0. The molecular formula is C9H17N2O3+. The number of hydrogen-bond donors (Lipinski definition) is 2. The number of carboxylic acid groups (broad SMARTS) is 1. The first kappa shape index (κ1) is 11.0. The molecular weight excluding hydrogens is 184 g/mol. The first-order valence-electron chi connectivity index (χ1n) is 4.60. The Morgan fingerprint density at radius 1 is 1.57 bits per heavy atom. The molecule has 80 valence electrons. The van der Waals surface area contributed by atoms with E-state index in [1.54, 1.807) is 0 Å². The summed E-state index contributed by atoms with van der Waals surface area (Å²) in [6.45, 7) is 0.411. The predicted molar refractivity (Wildman–Crippen MR) is 50.6 cm³/mol. The van der Waals surface area contributed by atoms with Gasteiger partial charge >= 0.3 is 5.97 Å². The van der Waals surface area contributed by atoms with Gasteiger partial charge in [-0.15, -0.1) is 0 Å². The van der Waals surface area contributed by atoms with Crippen molar-refractivity contribution >= 4 is 11.9 Å². The number of likely N-dealkylation sites (N-methyl/N-ethyl adjacent to an activating group) is 1. The van der Waals surface area contributed by atoms with Crippen LogP contribution in [-0.4, -0.2) is 54.7 Å². The molecule has 1 aliphatic rings. The van der Waals surface area contributed by atoms with E-state index in [0.717, 1.165) is 0 Å². The fraction of sp³-hybridized carbons (Fsp3) is 0.778. The summed E-state index contributed by atoms with van der Waals surface area (Å²) in [7, 11) is 5.74. The largest absolute Gasteiger partial charge is 0.479 e. The number of rotatable bonds is 3. The maximum atomic E-state index is 11.1. The van der Waals surface area contributed by atoms with Gasteiger partial charge in [-0.2, -0.15) is 0 Å². The molecule has 1 saturated heterocycles. The highest BCUT2D eigenvalue weighted by atomic mass is 16.4. The number of quaternary nitrogens is 1. The molecule has 0 bridgehead atoms. The summed E-state index contributed by atoms with van der Waals surface area (Å²) in [5, 5.41) is 11.7. The Labute approximate surface area is 83.3 Å². The van der Waals surface area contributed by atoms with E-state index in [4.69, 9.17) is 5.11 Å². The van der Waals surface area contributed by atoms with Crippen LogP contribution in [0.15, 0.2) is 0 Å². The quantitative estimate of drug-likeness (QED) is 0.601. The van der Waals surface area contributed by atoms with Crippen LogP contribution in [0, 0.1) is 0 Å². The van der Waals surface area contributed by atoms with Gasteiger partial charge in [0.1, 0.15) is 6.54 Å². The molecule has 0 radical (unpaired) electrons. The average molecular weight is 201 g/mol. The van der Waals surface area contributed by atoms with Crippen molar-refractivity contribution in [1.29, 1.82) is 0 Å². The van der Waals surface area contributed by atoms with Gasteiger partial charge < -0.3 is 14.9 Å². The van der Waals surface area contributed by atoms with Gasteiger partial charge in [0, 0.05) is 6.42 Å². The summed E-state index contributed by atoms with van der Waals surface area (Å²) in [4.78, 5) is 22.2. The van der Waals surface area contributed by atoms with Gasteiger partial charge in [-0.1, -0.05) is 0 Å². The van der Waals surface area contributed by atoms with Crippen LogP contribution >= 0.6 is 0 Å². The van der Waals surface area contributed by atoms with Gasteiger partial charge in [-0.05, 0) is 6.42 Å². The minimum atomic E-state index is -1.06. The van der Waals surface area contributed by atoms with E-state index in [1.807, 2.05) is 21.1 Å². The highest BCUT2D eigenvalue weighted by Gasteiger charge is 2.48. The van der Waals surface area contributed by atoms with Crippen LogP contribution in [0.3, 0.4) is 0 Å². The molecule has 1 rings (SSSR count). The zero-order valence-corrected chi connectivity index (χ0v) is 8.83. The monoisotopic (exact) mass is 201 g/mol. The van der Waals surface area contributed by atoms with Crippen molar-refractivity contribution in [3.05, 3.63) is 0 Å². The normalized spacial score (nSPS) is 27.5. The molecule has 1 aliphatic heterocycles. The average Bonchev–Trinajstić information content (AvgIpc) is 2.29. The highest BCUT2D eigenvalue weighted by molar-refractivity contribution is 5.90. The van der Waals surface area contributed by atoms with Crippen molar-refractivity contribution in [2.45, 2.75) is 18.4 Å². The predicted octanol–water partition coefficient (Wildman–Crippen LogP) is -0.574. The van der Waals surface area contributed by atoms with E-state index >= 15 is 0 Å². The molecule has 0 saturated carbocycles. The third-order valence-electron chi connectivity index (χ3n) is 2.31. The lowest BCUT2D eigenvalue weighted by atomic mass is 9.96. The van der Waals surface area contributed by atoms with Gasteiger partial charge in [0.15, 0.2) is 5.54 Å². The van der Waals surface area contributed by atoms with Crippen LogP contribution in [-0.2, 0) is 9.59 Å². The van der Waals surface area contributed by atoms with Crippen LogP contribution in [0.1, 0.15) is 12.8 Å². The molecule has 1 atom stereocenters.